The van der Waals surface area contributed by atoms with Gasteiger partial charge in [-0.2, -0.15) is 0 Å². The number of nitrogens with one attached hydrogen (secondary N) is 1. The molecule has 22 heavy (non-hydrogen) atoms. The lowest BCUT2D eigenvalue weighted by Crippen LogP contribution is -2.30. The van der Waals surface area contributed by atoms with Crippen LogP contribution in [0.5, 0.6) is 5.75 Å². The number of nitrogens with zero attached hydrogens (tertiary/aromatic N) is 3. The van der Waals surface area contributed by atoms with Crippen LogP contribution in [0.4, 0.5) is 0 Å². The zero-order valence-electron chi connectivity index (χ0n) is 11.9. The van der Waals surface area contributed by atoms with Crippen LogP contribution in [-0.4, -0.2) is 27.3 Å². The van der Waals surface area contributed by atoms with Gasteiger partial charge in [0.2, 0.25) is 5.91 Å². The quantitative estimate of drug-likeness (QED) is 0.934. The van der Waals surface area contributed by atoms with Gasteiger partial charge in [-0.25, -0.2) is 0 Å². The van der Waals surface area contributed by atoms with E-state index < -0.39 is 0 Å². The summed E-state index contributed by atoms with van der Waals surface area (Å²) in [5.74, 6) is 2.15. The molecule has 1 N–H and O–H groups in total. The summed E-state index contributed by atoms with van der Waals surface area (Å²) in [6, 6.07) is 5.36. The normalized spacial score (nSPS) is 18.7. The van der Waals surface area contributed by atoms with Crippen LogP contribution in [0.1, 0.15) is 29.6 Å². The molecule has 0 bridgehead atoms. The van der Waals surface area contributed by atoms with Gasteiger partial charge in [0.15, 0.2) is 5.82 Å². The van der Waals surface area contributed by atoms with E-state index in [1.165, 1.54) is 0 Å². The van der Waals surface area contributed by atoms with Gasteiger partial charge in [-0.1, -0.05) is 11.6 Å². The first-order valence-electron chi connectivity index (χ1n) is 7.33. The predicted molar refractivity (Wildman–Crippen MR) is 79.9 cm³/mol. The van der Waals surface area contributed by atoms with Gasteiger partial charge in [0.05, 0.1) is 6.54 Å². The minimum absolute atomic E-state index is 0.0728. The predicted octanol–water partition coefficient (Wildman–Crippen LogP) is 1.67. The Balaban J connectivity index is 1.46. The molecule has 1 aromatic carbocycles. The number of carbonyl (C=O) groups is 1. The zero-order valence-corrected chi connectivity index (χ0v) is 12.6. The first kappa shape index (κ1) is 13.6. The van der Waals surface area contributed by atoms with E-state index in [0.29, 0.717) is 18.2 Å². The second kappa shape index (κ2) is 5.28. The SMILES string of the molecule is O=C(NCc1nnc2n1CCC2)C1COc2ccc(Cl)cc21. The van der Waals surface area contributed by atoms with Crippen LogP contribution in [-0.2, 0) is 24.3 Å². The van der Waals surface area contributed by atoms with Crippen LogP contribution < -0.4 is 10.1 Å². The number of fused-ring (bicyclic) bond motifs is 2. The molecular weight excluding hydrogens is 304 g/mol. The minimum Gasteiger partial charge on any atom is -0.492 e. The fraction of sp³-hybridized carbons (Fsp3) is 0.400. The summed E-state index contributed by atoms with van der Waals surface area (Å²) in [6.07, 6.45) is 2.05. The second-order valence-corrected chi connectivity index (χ2v) is 5.99. The van der Waals surface area contributed by atoms with Crippen LogP contribution in [0.15, 0.2) is 18.2 Å². The fourth-order valence-electron chi connectivity index (χ4n) is 3.03. The first-order chi connectivity index (χ1) is 10.7. The van der Waals surface area contributed by atoms with Crippen molar-refractivity contribution in [1.29, 1.82) is 0 Å². The van der Waals surface area contributed by atoms with E-state index in [1.807, 2.05) is 0 Å². The fourth-order valence-corrected chi connectivity index (χ4v) is 3.21. The molecule has 2 aliphatic rings. The molecular formula is C15H15ClN4O2. The van der Waals surface area contributed by atoms with Gasteiger partial charge in [-0.3, -0.25) is 4.79 Å². The molecule has 2 aliphatic heterocycles. The maximum absolute atomic E-state index is 12.4. The van der Waals surface area contributed by atoms with E-state index in [2.05, 4.69) is 20.1 Å². The zero-order chi connectivity index (χ0) is 15.1. The van der Waals surface area contributed by atoms with Crippen molar-refractivity contribution in [1.82, 2.24) is 20.1 Å². The van der Waals surface area contributed by atoms with E-state index in [9.17, 15) is 4.79 Å². The number of benzene rings is 1. The third kappa shape index (κ3) is 2.23. The van der Waals surface area contributed by atoms with Crippen molar-refractivity contribution < 1.29 is 9.53 Å². The first-order valence-corrected chi connectivity index (χ1v) is 7.71. The van der Waals surface area contributed by atoms with Crippen LogP contribution in [0, 0.1) is 0 Å². The molecule has 6 nitrogen and oxygen atoms in total. The number of amides is 1. The highest BCUT2D eigenvalue weighted by Crippen LogP contribution is 2.35. The van der Waals surface area contributed by atoms with Gasteiger partial charge in [-0.05, 0) is 24.6 Å². The molecule has 2 aromatic rings. The smallest absolute Gasteiger partial charge is 0.231 e. The minimum atomic E-state index is -0.324. The Labute approximate surface area is 132 Å². The van der Waals surface area contributed by atoms with Gasteiger partial charge < -0.3 is 14.6 Å². The van der Waals surface area contributed by atoms with Crippen molar-refractivity contribution in [2.45, 2.75) is 31.8 Å². The topological polar surface area (TPSA) is 69.0 Å². The summed E-state index contributed by atoms with van der Waals surface area (Å²) in [5, 5.41) is 11.8. The summed E-state index contributed by atoms with van der Waals surface area (Å²) in [6.45, 7) is 1.66. The number of carbonyl (C=O) groups excluding carboxylic acids is 1. The van der Waals surface area contributed by atoms with Crippen LogP contribution >= 0.6 is 11.6 Å². The maximum atomic E-state index is 12.4. The summed E-state index contributed by atoms with van der Waals surface area (Å²) >= 11 is 6.01. The van der Waals surface area contributed by atoms with E-state index in [1.54, 1.807) is 18.2 Å². The number of ether oxygens (including phenoxy) is 1. The Kier molecular flexibility index (Phi) is 3.26. The maximum Gasteiger partial charge on any atom is 0.231 e. The molecule has 1 atom stereocenters. The average molecular weight is 319 g/mol. The molecule has 1 unspecified atom stereocenters. The van der Waals surface area contributed by atoms with E-state index in [4.69, 9.17) is 16.3 Å². The van der Waals surface area contributed by atoms with Gasteiger partial charge >= 0.3 is 0 Å². The van der Waals surface area contributed by atoms with Gasteiger partial charge in [0.1, 0.15) is 24.1 Å². The third-order valence-corrected chi connectivity index (χ3v) is 4.41. The highest BCUT2D eigenvalue weighted by molar-refractivity contribution is 6.30. The lowest BCUT2D eigenvalue weighted by molar-refractivity contribution is -0.122. The van der Waals surface area contributed by atoms with Gasteiger partial charge in [-0.15, -0.1) is 10.2 Å². The Morgan fingerprint density at radius 3 is 3.27 bits per heavy atom. The summed E-state index contributed by atoms with van der Waals surface area (Å²) in [7, 11) is 0. The molecule has 0 saturated carbocycles. The molecule has 114 valence electrons. The number of hydrogen-bond acceptors (Lipinski definition) is 4. The number of hydrogen-bond donors (Lipinski definition) is 1. The van der Waals surface area contributed by atoms with Gasteiger partial charge in [0, 0.05) is 23.6 Å². The lowest BCUT2D eigenvalue weighted by atomic mass is 10.0. The average Bonchev–Trinajstić information content (AvgIpc) is 3.20. The van der Waals surface area contributed by atoms with Crippen molar-refractivity contribution in [3.63, 3.8) is 0 Å². The summed E-state index contributed by atoms with van der Waals surface area (Å²) in [5.41, 5.74) is 0.844. The van der Waals surface area contributed by atoms with Crippen LogP contribution in [0.3, 0.4) is 0 Å². The molecule has 0 spiro atoms. The van der Waals surface area contributed by atoms with E-state index in [0.717, 1.165) is 42.3 Å². The molecule has 4 rings (SSSR count). The number of halogens is 1. The highest BCUT2D eigenvalue weighted by Gasteiger charge is 2.30. The Morgan fingerprint density at radius 1 is 1.45 bits per heavy atom. The van der Waals surface area contributed by atoms with Crippen LogP contribution in [0.2, 0.25) is 5.02 Å². The van der Waals surface area contributed by atoms with Crippen LogP contribution in [0.25, 0.3) is 0 Å². The van der Waals surface area contributed by atoms with E-state index in [-0.39, 0.29) is 11.8 Å². The Hall–Kier alpha value is -2.08. The van der Waals surface area contributed by atoms with Crippen molar-refractivity contribution in [3.05, 3.63) is 40.4 Å². The van der Waals surface area contributed by atoms with Gasteiger partial charge in [0.25, 0.3) is 0 Å². The second-order valence-electron chi connectivity index (χ2n) is 5.55. The lowest BCUT2D eigenvalue weighted by Gasteiger charge is -2.10. The monoisotopic (exact) mass is 318 g/mol. The highest BCUT2D eigenvalue weighted by atomic mass is 35.5. The molecule has 0 fully saturated rings. The van der Waals surface area contributed by atoms with E-state index >= 15 is 0 Å². The molecule has 7 heteroatoms. The van der Waals surface area contributed by atoms with Crippen molar-refractivity contribution in [3.8, 4) is 5.75 Å². The molecule has 1 amide bonds. The number of aromatic nitrogens is 3. The molecule has 0 aliphatic carbocycles. The van der Waals surface area contributed by atoms with Crippen molar-refractivity contribution in [2.75, 3.05) is 6.61 Å². The largest absolute Gasteiger partial charge is 0.492 e. The summed E-state index contributed by atoms with van der Waals surface area (Å²) < 4.78 is 7.63. The molecule has 1 aromatic heterocycles. The Morgan fingerprint density at radius 2 is 2.36 bits per heavy atom. The van der Waals surface area contributed by atoms with Crippen molar-refractivity contribution in [2.24, 2.45) is 0 Å². The standard InChI is InChI=1S/C15H15ClN4O2/c16-9-3-4-12-10(6-9)11(8-22-12)15(21)17-7-14-19-18-13-2-1-5-20(13)14/h3-4,6,11H,1-2,5,7-8H2,(H,17,21). The molecule has 0 radical (unpaired) electrons. The number of aryl methyl sites for hydroxylation is 1. The number of rotatable bonds is 3. The van der Waals surface area contributed by atoms with Crippen molar-refractivity contribution >= 4 is 17.5 Å². The third-order valence-electron chi connectivity index (χ3n) is 4.18. The molecule has 3 heterocycles. The summed E-state index contributed by atoms with van der Waals surface area (Å²) in [4.78, 5) is 12.4. The molecule has 0 saturated heterocycles. The Bertz CT molecular complexity index is 743.